The number of carbonyl (C=O) groups excluding carboxylic acids is 2. The van der Waals surface area contributed by atoms with Gasteiger partial charge in [-0.15, -0.1) is 0 Å². The highest BCUT2D eigenvalue weighted by molar-refractivity contribution is 9.09. The molecule has 0 saturated heterocycles. The normalized spacial score (nSPS) is 27.3. The summed E-state index contributed by atoms with van der Waals surface area (Å²) in [5.74, 6) is 0.527. The highest BCUT2D eigenvalue weighted by Gasteiger charge is 2.39. The van der Waals surface area contributed by atoms with E-state index in [2.05, 4.69) is 54.9 Å². The molecule has 2 atom stereocenters. The first-order chi connectivity index (χ1) is 12.0. The molecule has 2 rings (SSSR count). The van der Waals surface area contributed by atoms with Crippen LogP contribution in [0.3, 0.4) is 0 Å². The molecule has 2 saturated carbocycles. The third-order valence-corrected chi connectivity index (χ3v) is 6.79. The summed E-state index contributed by atoms with van der Waals surface area (Å²) in [6.45, 7) is 13.1. The smallest absolute Gasteiger partial charge is 0.306 e. The van der Waals surface area contributed by atoms with Crippen molar-refractivity contribution in [1.29, 1.82) is 0 Å². The molecule has 0 aromatic rings. The lowest BCUT2D eigenvalue weighted by Crippen LogP contribution is -2.36. The highest BCUT2D eigenvalue weighted by Crippen LogP contribution is 2.45. The number of allylic oxidation sites excluding steroid dienone is 1. The van der Waals surface area contributed by atoms with Crippen LogP contribution in [-0.4, -0.2) is 24.2 Å². The minimum Gasteiger partial charge on any atom is -0.469 e. The molecule has 2 aliphatic rings. The second-order valence-corrected chi connectivity index (χ2v) is 9.96. The van der Waals surface area contributed by atoms with Gasteiger partial charge in [-0.05, 0) is 55.3 Å². The molecule has 0 spiro atoms. The van der Waals surface area contributed by atoms with Crippen molar-refractivity contribution >= 4 is 27.7 Å². The van der Waals surface area contributed by atoms with Crippen molar-refractivity contribution in [1.82, 2.24) is 0 Å². The van der Waals surface area contributed by atoms with Gasteiger partial charge in [0.05, 0.1) is 13.5 Å². The van der Waals surface area contributed by atoms with Crippen LogP contribution in [0.15, 0.2) is 12.2 Å². The van der Waals surface area contributed by atoms with Gasteiger partial charge in [0.15, 0.2) is 0 Å². The van der Waals surface area contributed by atoms with Crippen LogP contribution in [0.2, 0.25) is 0 Å². The van der Waals surface area contributed by atoms with Crippen LogP contribution in [-0.2, 0) is 14.3 Å². The SMILES string of the molecule is C=C1CCCC(C)(C)C1CCBr.COC(=O)CC1C(=O)CCCC1(C)C. The average molecular weight is 429 g/mol. The second kappa shape index (κ2) is 10.1. The number of hydrogen-bond acceptors (Lipinski definition) is 3. The van der Waals surface area contributed by atoms with Crippen molar-refractivity contribution in [3.8, 4) is 0 Å². The number of ether oxygens (including phenoxy) is 1. The Morgan fingerprint density at radius 3 is 2.12 bits per heavy atom. The molecule has 26 heavy (non-hydrogen) atoms. The van der Waals surface area contributed by atoms with Crippen molar-refractivity contribution in [2.24, 2.45) is 22.7 Å². The number of Topliss-reactive ketones (excluding diaryl/α,β-unsaturated/α-hetero) is 1. The predicted molar refractivity (Wildman–Crippen MR) is 111 cm³/mol. The highest BCUT2D eigenvalue weighted by atomic mass is 79.9. The molecule has 3 nitrogen and oxygen atoms in total. The van der Waals surface area contributed by atoms with E-state index in [1.807, 2.05) is 0 Å². The number of alkyl halides is 1. The van der Waals surface area contributed by atoms with E-state index in [9.17, 15) is 9.59 Å². The van der Waals surface area contributed by atoms with Crippen molar-refractivity contribution in [3.05, 3.63) is 12.2 Å². The summed E-state index contributed by atoms with van der Waals surface area (Å²) >= 11 is 3.52. The quantitative estimate of drug-likeness (QED) is 0.308. The van der Waals surface area contributed by atoms with E-state index in [-0.39, 0.29) is 29.5 Å². The second-order valence-electron chi connectivity index (χ2n) is 9.17. The molecule has 2 fully saturated rings. The van der Waals surface area contributed by atoms with Crippen LogP contribution < -0.4 is 0 Å². The number of esters is 1. The Kier molecular flexibility index (Phi) is 9.05. The maximum absolute atomic E-state index is 11.7. The summed E-state index contributed by atoms with van der Waals surface area (Å²) < 4.78 is 4.60. The van der Waals surface area contributed by atoms with Crippen LogP contribution in [0.4, 0.5) is 0 Å². The number of rotatable bonds is 4. The number of hydrogen-bond donors (Lipinski definition) is 0. The molecule has 4 heteroatoms. The van der Waals surface area contributed by atoms with Crippen molar-refractivity contribution < 1.29 is 14.3 Å². The van der Waals surface area contributed by atoms with Gasteiger partial charge in [0.1, 0.15) is 5.78 Å². The van der Waals surface area contributed by atoms with Gasteiger partial charge >= 0.3 is 5.97 Å². The minimum absolute atomic E-state index is 0.0521. The fraction of sp³-hybridized carbons (Fsp3) is 0.818. The molecule has 0 radical (unpaired) electrons. The van der Waals surface area contributed by atoms with Crippen LogP contribution >= 0.6 is 15.9 Å². The Morgan fingerprint density at radius 2 is 1.65 bits per heavy atom. The molecule has 0 aromatic heterocycles. The van der Waals surface area contributed by atoms with E-state index >= 15 is 0 Å². The first-order valence-electron chi connectivity index (χ1n) is 9.88. The Hall–Kier alpha value is -0.640. The maximum atomic E-state index is 11.7. The summed E-state index contributed by atoms with van der Waals surface area (Å²) in [6, 6.07) is 0. The number of carbonyl (C=O) groups is 2. The van der Waals surface area contributed by atoms with Crippen LogP contribution in [0.1, 0.15) is 79.1 Å². The van der Waals surface area contributed by atoms with E-state index in [0.717, 1.165) is 24.1 Å². The number of ketones is 1. The van der Waals surface area contributed by atoms with Gasteiger partial charge in [-0.2, -0.15) is 0 Å². The molecule has 150 valence electrons. The summed E-state index contributed by atoms with van der Waals surface area (Å²) in [5, 5.41) is 1.11. The van der Waals surface area contributed by atoms with E-state index in [0.29, 0.717) is 11.8 Å². The van der Waals surface area contributed by atoms with Gasteiger partial charge in [-0.1, -0.05) is 55.8 Å². The lowest BCUT2D eigenvalue weighted by molar-refractivity contribution is -0.147. The number of halogens is 1. The molecule has 0 aromatic carbocycles. The van der Waals surface area contributed by atoms with Gasteiger partial charge in [0.25, 0.3) is 0 Å². The first-order valence-corrected chi connectivity index (χ1v) is 11.0. The Bertz CT molecular complexity index is 508. The fourth-order valence-electron chi connectivity index (χ4n) is 4.52. The van der Waals surface area contributed by atoms with Gasteiger partial charge in [0.2, 0.25) is 0 Å². The van der Waals surface area contributed by atoms with Gasteiger partial charge in [-0.25, -0.2) is 0 Å². The minimum atomic E-state index is -0.279. The third-order valence-electron chi connectivity index (χ3n) is 6.33. The molecule has 2 unspecified atom stereocenters. The average Bonchev–Trinajstić information content (AvgIpc) is 2.54. The molecular weight excluding hydrogens is 392 g/mol. The Labute approximate surface area is 168 Å². The fourth-order valence-corrected chi connectivity index (χ4v) is 4.98. The topological polar surface area (TPSA) is 43.4 Å². The van der Waals surface area contributed by atoms with Gasteiger partial charge < -0.3 is 4.74 Å². The van der Waals surface area contributed by atoms with Crippen LogP contribution in [0.25, 0.3) is 0 Å². The largest absolute Gasteiger partial charge is 0.469 e. The zero-order chi connectivity index (χ0) is 20.0. The number of methoxy groups -OCH3 is 1. The Morgan fingerprint density at radius 1 is 1.12 bits per heavy atom. The molecule has 0 bridgehead atoms. The molecule has 0 N–H and O–H groups in total. The summed E-state index contributed by atoms with van der Waals surface area (Å²) in [6.07, 6.45) is 8.03. The Balaban J connectivity index is 0.000000263. The standard InChI is InChI=1S/C11H19Br.C11H18O3/c1-9-5-4-7-11(2,3)10(9)6-8-12;1-11(2)6-4-5-9(12)8(11)7-10(13)14-3/h10H,1,4-8H2,2-3H3;8H,4-7H2,1-3H3. The predicted octanol–water partition coefficient (Wildman–Crippen LogP) is 6.10. The molecule has 0 heterocycles. The van der Waals surface area contributed by atoms with Crippen LogP contribution in [0, 0.1) is 22.7 Å². The lowest BCUT2D eigenvalue weighted by Gasteiger charge is -2.40. The zero-order valence-corrected chi connectivity index (χ0v) is 18.9. The van der Waals surface area contributed by atoms with E-state index in [1.54, 1.807) is 0 Å². The molecular formula is C22H37BrO3. The molecule has 0 aliphatic heterocycles. The lowest BCUT2D eigenvalue weighted by atomic mass is 9.66. The summed E-state index contributed by atoms with van der Waals surface area (Å²) in [5.41, 5.74) is 1.91. The molecule has 0 amide bonds. The maximum Gasteiger partial charge on any atom is 0.306 e. The van der Waals surface area contributed by atoms with E-state index < -0.39 is 0 Å². The summed E-state index contributed by atoms with van der Waals surface area (Å²) in [4.78, 5) is 22.8. The third kappa shape index (κ3) is 6.51. The molecule has 2 aliphatic carbocycles. The monoisotopic (exact) mass is 428 g/mol. The van der Waals surface area contributed by atoms with Gasteiger partial charge in [-0.3, -0.25) is 9.59 Å². The van der Waals surface area contributed by atoms with Crippen molar-refractivity contribution in [2.45, 2.75) is 79.1 Å². The van der Waals surface area contributed by atoms with E-state index in [1.165, 1.54) is 38.4 Å². The van der Waals surface area contributed by atoms with Crippen LogP contribution in [0.5, 0.6) is 0 Å². The summed E-state index contributed by atoms with van der Waals surface area (Å²) in [7, 11) is 1.36. The van der Waals surface area contributed by atoms with Crippen molar-refractivity contribution in [2.75, 3.05) is 12.4 Å². The van der Waals surface area contributed by atoms with Gasteiger partial charge in [0, 0.05) is 17.7 Å². The van der Waals surface area contributed by atoms with E-state index in [4.69, 9.17) is 0 Å². The van der Waals surface area contributed by atoms with Crippen molar-refractivity contribution in [3.63, 3.8) is 0 Å². The zero-order valence-electron chi connectivity index (χ0n) is 17.3. The first kappa shape index (κ1) is 23.4.